The molecule has 0 amide bonds. The summed E-state index contributed by atoms with van der Waals surface area (Å²) in [6.45, 7) is 4.48. The van der Waals surface area contributed by atoms with Crippen molar-refractivity contribution in [3.8, 4) is 0 Å². The number of rotatable bonds is 6. The first-order valence-corrected chi connectivity index (χ1v) is 8.87. The molecule has 1 aromatic carbocycles. The van der Waals surface area contributed by atoms with Crippen LogP contribution in [-0.4, -0.2) is 33.0 Å². The van der Waals surface area contributed by atoms with Gasteiger partial charge in [-0.3, -0.25) is 0 Å². The van der Waals surface area contributed by atoms with Crippen LogP contribution in [0.5, 0.6) is 0 Å². The van der Waals surface area contributed by atoms with Crippen molar-refractivity contribution in [3.63, 3.8) is 0 Å². The normalized spacial score (nSPS) is 15.2. The molecule has 0 aliphatic rings. The van der Waals surface area contributed by atoms with E-state index in [1.54, 1.807) is 18.2 Å². The van der Waals surface area contributed by atoms with Gasteiger partial charge in [-0.2, -0.15) is 0 Å². The second-order valence-electron chi connectivity index (χ2n) is 4.94. The fourth-order valence-electron chi connectivity index (χ4n) is 1.97. The van der Waals surface area contributed by atoms with E-state index in [9.17, 15) is 8.42 Å². The minimum Gasteiger partial charge on any atom is -0.313 e. The average molecular weight is 324 g/mol. The Morgan fingerprint density at radius 2 is 1.74 bits per heavy atom. The highest BCUT2D eigenvalue weighted by atomic mass is 35.5. The lowest BCUT2D eigenvalue weighted by atomic mass is 10.0. The van der Waals surface area contributed by atoms with Crippen LogP contribution in [0, 0.1) is 0 Å². The summed E-state index contributed by atoms with van der Waals surface area (Å²) in [5, 5.41) is 4.47. The Morgan fingerprint density at radius 3 is 2.21 bits per heavy atom. The summed E-state index contributed by atoms with van der Waals surface area (Å²) < 4.78 is 22.4. The van der Waals surface area contributed by atoms with Crippen LogP contribution in [0.25, 0.3) is 0 Å². The maximum Gasteiger partial charge on any atom is 0.148 e. The Hall–Kier alpha value is -0.290. The quantitative estimate of drug-likeness (QED) is 0.874. The smallest absolute Gasteiger partial charge is 0.148 e. The van der Waals surface area contributed by atoms with Crippen molar-refractivity contribution in [1.82, 2.24) is 5.32 Å². The second-order valence-corrected chi connectivity index (χ2v) is 7.94. The summed E-state index contributed by atoms with van der Waals surface area (Å²) in [5.41, 5.74) is 0.893. The van der Waals surface area contributed by atoms with Crippen LogP contribution in [0.2, 0.25) is 10.0 Å². The molecular formula is C13H19Cl2NO2S. The Labute approximate surface area is 125 Å². The van der Waals surface area contributed by atoms with Crippen LogP contribution >= 0.6 is 23.2 Å². The topological polar surface area (TPSA) is 46.2 Å². The molecule has 0 aromatic heterocycles. The van der Waals surface area contributed by atoms with E-state index in [0.29, 0.717) is 16.6 Å². The number of hydrogen-bond donors (Lipinski definition) is 1. The molecule has 3 nitrogen and oxygen atoms in total. The minimum atomic E-state index is -2.97. The third-order valence-electron chi connectivity index (χ3n) is 2.82. The molecule has 0 bridgehead atoms. The number of sulfone groups is 1. The van der Waals surface area contributed by atoms with Gasteiger partial charge in [-0.05, 0) is 30.5 Å². The molecule has 0 fully saturated rings. The zero-order chi connectivity index (χ0) is 14.6. The largest absolute Gasteiger partial charge is 0.313 e. The molecule has 0 aliphatic carbocycles. The number of nitrogens with one attached hydrogen (secondary N) is 1. The Kier molecular flexibility index (Phi) is 6.12. The summed E-state index contributed by atoms with van der Waals surface area (Å²) in [6.07, 6.45) is 1.24. The molecule has 0 radical (unpaired) electrons. The highest BCUT2D eigenvalue weighted by Gasteiger charge is 2.16. The first-order chi connectivity index (χ1) is 8.70. The molecular weight excluding hydrogens is 305 g/mol. The zero-order valence-electron chi connectivity index (χ0n) is 11.3. The zero-order valence-corrected chi connectivity index (χ0v) is 13.6. The van der Waals surface area contributed by atoms with Gasteiger partial charge in [-0.15, -0.1) is 0 Å². The van der Waals surface area contributed by atoms with Crippen molar-refractivity contribution in [2.45, 2.75) is 25.8 Å². The van der Waals surface area contributed by atoms with Crippen LogP contribution in [0.1, 0.15) is 25.3 Å². The van der Waals surface area contributed by atoms with Gasteiger partial charge in [0.1, 0.15) is 9.84 Å². The maximum absolute atomic E-state index is 11.2. The Morgan fingerprint density at radius 1 is 1.21 bits per heavy atom. The molecule has 0 saturated carbocycles. The summed E-state index contributed by atoms with van der Waals surface area (Å²) >= 11 is 12.3. The molecule has 6 heteroatoms. The van der Waals surface area contributed by atoms with Crippen LogP contribution in [0.4, 0.5) is 0 Å². The van der Waals surface area contributed by atoms with Gasteiger partial charge in [0.05, 0.1) is 5.75 Å². The maximum atomic E-state index is 11.2. The van der Waals surface area contributed by atoms with Gasteiger partial charge < -0.3 is 5.32 Å². The molecule has 19 heavy (non-hydrogen) atoms. The SMILES string of the molecule is CC(CS(C)(=O)=O)NCC(C)c1c(Cl)cccc1Cl. The van der Waals surface area contributed by atoms with E-state index in [2.05, 4.69) is 5.32 Å². The third kappa shape index (κ3) is 5.69. The standard InChI is InChI=1S/C13H19Cl2NO2S/c1-9(7-16-10(2)8-19(3,17)18)13-11(14)5-4-6-12(13)15/h4-6,9-10,16H,7-8H2,1-3H3. The predicted molar refractivity (Wildman–Crippen MR) is 82.1 cm³/mol. The van der Waals surface area contributed by atoms with Crippen LogP contribution in [-0.2, 0) is 9.84 Å². The van der Waals surface area contributed by atoms with Crippen molar-refractivity contribution >= 4 is 33.0 Å². The van der Waals surface area contributed by atoms with Gasteiger partial charge in [0.25, 0.3) is 0 Å². The molecule has 0 aliphatic heterocycles. The monoisotopic (exact) mass is 323 g/mol. The first kappa shape index (κ1) is 16.8. The molecule has 108 valence electrons. The van der Waals surface area contributed by atoms with Crippen molar-refractivity contribution in [3.05, 3.63) is 33.8 Å². The molecule has 1 rings (SSSR count). The number of benzene rings is 1. The fraction of sp³-hybridized carbons (Fsp3) is 0.538. The Bertz CT molecular complexity index is 511. The molecule has 0 heterocycles. The summed E-state index contributed by atoms with van der Waals surface area (Å²) in [6, 6.07) is 5.32. The van der Waals surface area contributed by atoms with Gasteiger partial charge in [0, 0.05) is 28.9 Å². The lowest BCUT2D eigenvalue weighted by Gasteiger charge is -2.19. The van der Waals surface area contributed by atoms with Gasteiger partial charge >= 0.3 is 0 Å². The highest BCUT2D eigenvalue weighted by Crippen LogP contribution is 2.30. The summed E-state index contributed by atoms with van der Waals surface area (Å²) in [4.78, 5) is 0. The van der Waals surface area contributed by atoms with E-state index in [0.717, 1.165) is 5.56 Å². The van der Waals surface area contributed by atoms with Crippen molar-refractivity contribution in [1.29, 1.82) is 0 Å². The van der Waals surface area contributed by atoms with Crippen LogP contribution in [0.3, 0.4) is 0 Å². The number of hydrogen-bond acceptors (Lipinski definition) is 3. The molecule has 0 saturated heterocycles. The van der Waals surface area contributed by atoms with Crippen LogP contribution < -0.4 is 5.32 Å². The van der Waals surface area contributed by atoms with Gasteiger partial charge in [-0.25, -0.2) is 8.42 Å². The summed E-state index contributed by atoms with van der Waals surface area (Å²) in [5.74, 6) is 0.235. The van der Waals surface area contributed by atoms with Gasteiger partial charge in [-0.1, -0.05) is 36.2 Å². The summed E-state index contributed by atoms with van der Waals surface area (Å²) in [7, 11) is -2.97. The lowest BCUT2D eigenvalue weighted by Crippen LogP contribution is -2.35. The molecule has 0 spiro atoms. The molecule has 2 atom stereocenters. The Balaban J connectivity index is 2.63. The van der Waals surface area contributed by atoms with Crippen LogP contribution in [0.15, 0.2) is 18.2 Å². The van der Waals surface area contributed by atoms with Gasteiger partial charge in [0.2, 0.25) is 0 Å². The molecule has 1 N–H and O–H groups in total. The van der Waals surface area contributed by atoms with Crippen molar-refractivity contribution < 1.29 is 8.42 Å². The van der Waals surface area contributed by atoms with E-state index in [4.69, 9.17) is 23.2 Å². The van der Waals surface area contributed by atoms with Crippen molar-refractivity contribution in [2.24, 2.45) is 0 Å². The fourth-order valence-corrected chi connectivity index (χ4v) is 3.77. The van der Waals surface area contributed by atoms with E-state index < -0.39 is 9.84 Å². The third-order valence-corrected chi connectivity index (χ3v) is 4.58. The highest BCUT2D eigenvalue weighted by molar-refractivity contribution is 7.90. The van der Waals surface area contributed by atoms with E-state index in [-0.39, 0.29) is 17.7 Å². The molecule has 1 aromatic rings. The van der Waals surface area contributed by atoms with E-state index >= 15 is 0 Å². The second kappa shape index (κ2) is 6.93. The average Bonchev–Trinajstić information content (AvgIpc) is 2.23. The van der Waals surface area contributed by atoms with E-state index in [1.807, 2.05) is 13.8 Å². The predicted octanol–water partition coefficient (Wildman–Crippen LogP) is 3.12. The van der Waals surface area contributed by atoms with Gasteiger partial charge in [0.15, 0.2) is 0 Å². The minimum absolute atomic E-state index is 0.0984. The van der Waals surface area contributed by atoms with Crippen molar-refractivity contribution in [2.75, 3.05) is 18.6 Å². The number of halogens is 2. The lowest BCUT2D eigenvalue weighted by molar-refractivity contribution is 0.536. The molecule has 2 unspecified atom stereocenters. The first-order valence-electron chi connectivity index (χ1n) is 6.05. The van der Waals surface area contributed by atoms with E-state index in [1.165, 1.54) is 6.26 Å².